The van der Waals surface area contributed by atoms with Crippen LogP contribution in [0.3, 0.4) is 0 Å². The first-order chi connectivity index (χ1) is 12.0. The average molecular weight is 338 g/mol. The van der Waals surface area contributed by atoms with Gasteiger partial charge in [0, 0.05) is 25.2 Å². The van der Waals surface area contributed by atoms with E-state index in [0.29, 0.717) is 0 Å². The maximum absolute atomic E-state index is 12.7. The Bertz CT molecular complexity index is 725. The lowest BCUT2D eigenvalue weighted by molar-refractivity contribution is 0.0763. The summed E-state index contributed by atoms with van der Waals surface area (Å²) >= 11 is 0. The Labute approximate surface area is 149 Å². The lowest BCUT2D eigenvalue weighted by atomic mass is 10.00. The summed E-state index contributed by atoms with van der Waals surface area (Å²) in [5.41, 5.74) is 3.73. The Morgan fingerprint density at radius 1 is 1.00 bits per heavy atom. The number of likely N-dealkylation sites (N-methyl/N-ethyl adjacent to an activating group) is 1. The fourth-order valence-electron chi connectivity index (χ4n) is 3.22. The van der Waals surface area contributed by atoms with E-state index in [1.165, 1.54) is 0 Å². The summed E-state index contributed by atoms with van der Waals surface area (Å²) in [6.45, 7) is 5.34. The van der Waals surface area contributed by atoms with Crippen molar-refractivity contribution in [1.82, 2.24) is 9.80 Å². The Balaban J connectivity index is 1.75. The zero-order chi connectivity index (χ0) is 17.8. The second kappa shape index (κ2) is 7.81. The van der Waals surface area contributed by atoms with Crippen molar-refractivity contribution in [2.24, 2.45) is 0 Å². The first-order valence-corrected chi connectivity index (χ1v) is 8.91. The molecule has 1 saturated heterocycles. The third kappa shape index (κ3) is 4.27. The van der Waals surface area contributed by atoms with E-state index in [1.807, 2.05) is 53.4 Å². The number of benzene rings is 2. The van der Waals surface area contributed by atoms with E-state index in [-0.39, 0.29) is 5.91 Å². The van der Waals surface area contributed by atoms with Gasteiger partial charge in [-0.1, -0.05) is 30.3 Å². The van der Waals surface area contributed by atoms with Crippen LogP contribution in [-0.2, 0) is 0 Å². The molecule has 0 bridgehead atoms. The molecule has 3 rings (SSSR count). The molecule has 132 valence electrons. The number of aliphatic hydroxyl groups excluding tert-OH is 1. The summed E-state index contributed by atoms with van der Waals surface area (Å²) in [5.74, 6) is 0.111. The summed E-state index contributed by atoms with van der Waals surface area (Å²) in [7, 11) is 2.10. The lowest BCUT2D eigenvalue weighted by Gasteiger charge is -2.20. The van der Waals surface area contributed by atoms with Crippen LogP contribution < -0.4 is 0 Å². The third-order valence-corrected chi connectivity index (χ3v) is 4.84. The van der Waals surface area contributed by atoms with E-state index in [1.54, 1.807) is 6.92 Å². The van der Waals surface area contributed by atoms with Crippen molar-refractivity contribution in [2.45, 2.75) is 19.4 Å². The first-order valence-electron chi connectivity index (χ1n) is 8.91. The Morgan fingerprint density at radius 2 is 1.76 bits per heavy atom. The minimum absolute atomic E-state index is 0.111. The van der Waals surface area contributed by atoms with E-state index < -0.39 is 6.10 Å². The van der Waals surface area contributed by atoms with Crippen LogP contribution in [0.4, 0.5) is 0 Å². The molecule has 1 atom stereocenters. The number of nitrogens with zero attached hydrogens (tertiary/aromatic N) is 2. The van der Waals surface area contributed by atoms with E-state index in [9.17, 15) is 9.90 Å². The third-order valence-electron chi connectivity index (χ3n) is 4.84. The van der Waals surface area contributed by atoms with Crippen LogP contribution in [0.15, 0.2) is 48.5 Å². The molecule has 0 aliphatic carbocycles. The van der Waals surface area contributed by atoms with Crippen molar-refractivity contribution < 1.29 is 9.90 Å². The molecule has 1 heterocycles. The topological polar surface area (TPSA) is 43.8 Å². The molecule has 1 aliphatic heterocycles. The Hall–Kier alpha value is -2.17. The van der Waals surface area contributed by atoms with Crippen molar-refractivity contribution in [3.05, 3.63) is 59.7 Å². The number of rotatable bonds is 3. The number of aliphatic hydroxyl groups is 1. The molecular formula is C21H26N2O2. The van der Waals surface area contributed by atoms with E-state index in [4.69, 9.17) is 0 Å². The predicted molar refractivity (Wildman–Crippen MR) is 101 cm³/mol. The molecule has 0 spiro atoms. The highest BCUT2D eigenvalue weighted by atomic mass is 16.3. The van der Waals surface area contributed by atoms with E-state index >= 15 is 0 Å². The van der Waals surface area contributed by atoms with Crippen molar-refractivity contribution in [1.29, 1.82) is 0 Å². The van der Waals surface area contributed by atoms with Gasteiger partial charge < -0.3 is 14.9 Å². The molecule has 4 heteroatoms. The fraction of sp³-hybridized carbons (Fsp3) is 0.381. The molecule has 25 heavy (non-hydrogen) atoms. The number of amides is 1. The normalized spacial score (nSPS) is 17.2. The highest BCUT2D eigenvalue weighted by Crippen LogP contribution is 2.24. The second-order valence-electron chi connectivity index (χ2n) is 6.83. The average Bonchev–Trinajstić information content (AvgIpc) is 2.86. The summed E-state index contributed by atoms with van der Waals surface area (Å²) in [6.07, 6.45) is 0.536. The van der Waals surface area contributed by atoms with Gasteiger partial charge in [-0.2, -0.15) is 0 Å². The maximum atomic E-state index is 12.7. The lowest BCUT2D eigenvalue weighted by Crippen LogP contribution is -2.34. The molecule has 2 aromatic carbocycles. The SMILES string of the molecule is C[C@H](O)c1cccc(-c2ccc(C(=O)N3CCCN(C)CC3)cc2)c1. The number of carbonyl (C=O) groups is 1. The van der Waals surface area contributed by atoms with Crippen LogP contribution in [-0.4, -0.2) is 54.0 Å². The van der Waals surface area contributed by atoms with Crippen LogP contribution in [0.2, 0.25) is 0 Å². The van der Waals surface area contributed by atoms with Gasteiger partial charge in [0.15, 0.2) is 0 Å². The Kier molecular flexibility index (Phi) is 5.51. The van der Waals surface area contributed by atoms with E-state index in [0.717, 1.165) is 54.9 Å². The minimum atomic E-state index is -0.484. The van der Waals surface area contributed by atoms with Crippen molar-refractivity contribution in [2.75, 3.05) is 33.2 Å². The molecule has 1 fully saturated rings. The molecule has 2 aromatic rings. The molecule has 0 saturated carbocycles. The van der Waals surface area contributed by atoms with Crippen LogP contribution in [0.25, 0.3) is 11.1 Å². The van der Waals surface area contributed by atoms with Crippen LogP contribution in [0.1, 0.15) is 35.4 Å². The molecule has 0 radical (unpaired) electrons. The van der Waals surface area contributed by atoms with Crippen LogP contribution in [0.5, 0.6) is 0 Å². The largest absolute Gasteiger partial charge is 0.389 e. The van der Waals surface area contributed by atoms with Gasteiger partial charge in [-0.05, 0) is 61.8 Å². The van der Waals surface area contributed by atoms with Gasteiger partial charge in [0.1, 0.15) is 0 Å². The molecular weight excluding hydrogens is 312 g/mol. The van der Waals surface area contributed by atoms with Gasteiger partial charge in [-0.25, -0.2) is 0 Å². The van der Waals surface area contributed by atoms with E-state index in [2.05, 4.69) is 11.9 Å². The highest BCUT2D eigenvalue weighted by molar-refractivity contribution is 5.94. The Morgan fingerprint density at radius 3 is 2.48 bits per heavy atom. The standard InChI is InChI=1S/C21H26N2O2/c1-16(24)19-5-3-6-20(15-19)17-7-9-18(10-8-17)21(25)23-12-4-11-22(2)13-14-23/h3,5-10,15-16,24H,4,11-14H2,1-2H3/t16-/m0/s1. The molecule has 0 aromatic heterocycles. The fourth-order valence-corrected chi connectivity index (χ4v) is 3.22. The minimum Gasteiger partial charge on any atom is -0.389 e. The van der Waals surface area contributed by atoms with Gasteiger partial charge in [-0.3, -0.25) is 4.79 Å². The predicted octanol–water partition coefficient (Wildman–Crippen LogP) is 3.18. The number of hydrogen-bond acceptors (Lipinski definition) is 3. The number of hydrogen-bond donors (Lipinski definition) is 1. The number of carbonyl (C=O) groups excluding carboxylic acids is 1. The van der Waals surface area contributed by atoms with Gasteiger partial charge in [0.25, 0.3) is 5.91 Å². The van der Waals surface area contributed by atoms with Crippen molar-refractivity contribution in [3.8, 4) is 11.1 Å². The first kappa shape index (κ1) is 17.6. The highest BCUT2D eigenvalue weighted by Gasteiger charge is 2.18. The summed E-state index contributed by atoms with van der Waals surface area (Å²) in [6, 6.07) is 15.7. The molecule has 4 nitrogen and oxygen atoms in total. The summed E-state index contributed by atoms with van der Waals surface area (Å²) in [4.78, 5) is 16.9. The molecule has 1 aliphatic rings. The quantitative estimate of drug-likeness (QED) is 0.935. The van der Waals surface area contributed by atoms with Gasteiger partial charge >= 0.3 is 0 Å². The van der Waals surface area contributed by atoms with Crippen LogP contribution >= 0.6 is 0 Å². The van der Waals surface area contributed by atoms with Crippen molar-refractivity contribution >= 4 is 5.91 Å². The second-order valence-corrected chi connectivity index (χ2v) is 6.83. The smallest absolute Gasteiger partial charge is 0.253 e. The molecule has 1 N–H and O–H groups in total. The van der Waals surface area contributed by atoms with Gasteiger partial charge in [0.2, 0.25) is 0 Å². The van der Waals surface area contributed by atoms with Crippen LogP contribution in [0, 0.1) is 0 Å². The zero-order valence-electron chi connectivity index (χ0n) is 15.0. The van der Waals surface area contributed by atoms with Gasteiger partial charge in [0.05, 0.1) is 6.10 Å². The monoisotopic (exact) mass is 338 g/mol. The molecule has 1 amide bonds. The molecule has 0 unspecified atom stereocenters. The van der Waals surface area contributed by atoms with Crippen molar-refractivity contribution in [3.63, 3.8) is 0 Å². The van der Waals surface area contributed by atoms with Gasteiger partial charge in [-0.15, -0.1) is 0 Å². The summed E-state index contributed by atoms with van der Waals surface area (Å²) < 4.78 is 0. The zero-order valence-corrected chi connectivity index (χ0v) is 15.0. The maximum Gasteiger partial charge on any atom is 0.253 e. The summed E-state index contributed by atoms with van der Waals surface area (Å²) in [5, 5.41) is 9.74.